The largest absolute Gasteiger partial charge is 0.329 e. The smallest absolute Gasteiger partial charge is 0.326 e. The quantitative estimate of drug-likeness (QED) is 0.835. The number of amides is 3. The van der Waals surface area contributed by atoms with Crippen molar-refractivity contribution in [1.29, 1.82) is 0 Å². The van der Waals surface area contributed by atoms with E-state index in [1.807, 2.05) is 19.1 Å². The summed E-state index contributed by atoms with van der Waals surface area (Å²) in [6.45, 7) is 2.26. The standard InChI is InChI=1S/C14H17N3O2.ClH/c1-14(10-4-5-10)12(18)17(13(19)16-14)11-6-2-9(8-15)3-7-11;/h2-3,6-7,10H,4-5,8,15H2,1H3,(H,16,19);1H. The van der Waals surface area contributed by atoms with E-state index in [1.165, 1.54) is 4.90 Å². The molecule has 1 heterocycles. The number of benzene rings is 1. The zero-order valence-corrected chi connectivity index (χ0v) is 12.1. The third-order valence-electron chi connectivity index (χ3n) is 4.04. The Bertz CT molecular complexity index is 542. The van der Waals surface area contributed by atoms with Gasteiger partial charge in [-0.25, -0.2) is 9.69 Å². The van der Waals surface area contributed by atoms with Crippen LogP contribution in [-0.4, -0.2) is 17.5 Å². The number of anilines is 1. The topological polar surface area (TPSA) is 75.4 Å². The van der Waals surface area contributed by atoms with Crippen LogP contribution in [0.5, 0.6) is 0 Å². The molecule has 108 valence electrons. The zero-order valence-electron chi connectivity index (χ0n) is 11.3. The second-order valence-corrected chi connectivity index (χ2v) is 5.42. The summed E-state index contributed by atoms with van der Waals surface area (Å²) in [6.07, 6.45) is 2.00. The minimum Gasteiger partial charge on any atom is -0.326 e. The van der Waals surface area contributed by atoms with Crippen LogP contribution in [-0.2, 0) is 11.3 Å². The number of rotatable bonds is 3. The Hall–Kier alpha value is -1.59. The molecule has 0 spiro atoms. The monoisotopic (exact) mass is 295 g/mol. The van der Waals surface area contributed by atoms with Gasteiger partial charge >= 0.3 is 6.03 Å². The number of carbonyl (C=O) groups is 2. The molecule has 2 fully saturated rings. The molecule has 5 nitrogen and oxygen atoms in total. The van der Waals surface area contributed by atoms with Gasteiger partial charge in [0.1, 0.15) is 5.54 Å². The number of halogens is 1. The molecule has 1 aliphatic heterocycles. The summed E-state index contributed by atoms with van der Waals surface area (Å²) in [4.78, 5) is 25.8. The van der Waals surface area contributed by atoms with Crippen LogP contribution in [0.25, 0.3) is 0 Å². The number of imide groups is 1. The van der Waals surface area contributed by atoms with Gasteiger partial charge in [-0.05, 0) is 43.4 Å². The fourth-order valence-electron chi connectivity index (χ4n) is 2.61. The van der Waals surface area contributed by atoms with Crippen LogP contribution >= 0.6 is 12.4 Å². The lowest BCUT2D eigenvalue weighted by Gasteiger charge is -2.21. The summed E-state index contributed by atoms with van der Waals surface area (Å²) in [7, 11) is 0. The molecule has 3 amide bonds. The van der Waals surface area contributed by atoms with Crippen molar-refractivity contribution in [3.8, 4) is 0 Å². The highest BCUT2D eigenvalue weighted by Gasteiger charge is 2.56. The Morgan fingerprint density at radius 3 is 2.40 bits per heavy atom. The number of nitrogens with one attached hydrogen (secondary N) is 1. The van der Waals surface area contributed by atoms with Crippen LogP contribution < -0.4 is 16.0 Å². The van der Waals surface area contributed by atoms with E-state index in [-0.39, 0.29) is 30.3 Å². The van der Waals surface area contributed by atoms with Gasteiger partial charge in [0.05, 0.1) is 5.69 Å². The zero-order chi connectivity index (χ0) is 13.6. The number of hydrogen-bond donors (Lipinski definition) is 2. The normalized spacial score (nSPS) is 25.4. The van der Waals surface area contributed by atoms with Gasteiger partial charge < -0.3 is 11.1 Å². The number of nitrogens with zero attached hydrogens (tertiary/aromatic N) is 1. The maximum atomic E-state index is 12.5. The lowest BCUT2D eigenvalue weighted by Crippen LogP contribution is -2.46. The molecule has 0 radical (unpaired) electrons. The third-order valence-corrected chi connectivity index (χ3v) is 4.04. The van der Waals surface area contributed by atoms with Gasteiger partial charge in [0.2, 0.25) is 0 Å². The van der Waals surface area contributed by atoms with E-state index in [2.05, 4.69) is 5.32 Å². The van der Waals surface area contributed by atoms with Gasteiger partial charge in [-0.3, -0.25) is 4.79 Å². The van der Waals surface area contributed by atoms with Crippen molar-refractivity contribution in [1.82, 2.24) is 5.32 Å². The van der Waals surface area contributed by atoms with Crippen molar-refractivity contribution in [3.05, 3.63) is 29.8 Å². The van der Waals surface area contributed by atoms with Crippen molar-refractivity contribution in [2.75, 3.05) is 4.90 Å². The van der Waals surface area contributed by atoms with Crippen molar-refractivity contribution in [2.45, 2.75) is 31.8 Å². The molecule has 3 rings (SSSR count). The second kappa shape index (κ2) is 5.07. The number of nitrogens with two attached hydrogens (primary N) is 1. The van der Waals surface area contributed by atoms with Gasteiger partial charge in [-0.1, -0.05) is 12.1 Å². The van der Waals surface area contributed by atoms with E-state index in [1.54, 1.807) is 12.1 Å². The highest BCUT2D eigenvalue weighted by molar-refractivity contribution is 6.23. The highest BCUT2D eigenvalue weighted by atomic mass is 35.5. The maximum absolute atomic E-state index is 12.5. The summed E-state index contributed by atoms with van der Waals surface area (Å²) >= 11 is 0. The molecule has 3 N–H and O–H groups in total. The number of urea groups is 1. The first kappa shape index (κ1) is 14.8. The van der Waals surface area contributed by atoms with Gasteiger partial charge in [0, 0.05) is 6.54 Å². The van der Waals surface area contributed by atoms with Crippen molar-refractivity contribution in [2.24, 2.45) is 11.7 Å². The van der Waals surface area contributed by atoms with E-state index in [4.69, 9.17) is 5.73 Å². The average molecular weight is 296 g/mol. The summed E-state index contributed by atoms with van der Waals surface area (Å²) in [6, 6.07) is 6.86. The van der Waals surface area contributed by atoms with Crippen molar-refractivity contribution in [3.63, 3.8) is 0 Å². The molecule has 1 saturated heterocycles. The van der Waals surface area contributed by atoms with E-state index in [9.17, 15) is 9.59 Å². The first-order valence-electron chi connectivity index (χ1n) is 6.52. The van der Waals surface area contributed by atoms with Gasteiger partial charge in [-0.2, -0.15) is 0 Å². The van der Waals surface area contributed by atoms with Crippen molar-refractivity contribution < 1.29 is 9.59 Å². The summed E-state index contributed by atoms with van der Waals surface area (Å²) in [5, 5.41) is 2.83. The number of hydrogen-bond acceptors (Lipinski definition) is 3. The van der Waals surface area contributed by atoms with Crippen LogP contribution in [0, 0.1) is 5.92 Å². The molecule has 1 atom stereocenters. The first-order valence-corrected chi connectivity index (χ1v) is 6.52. The van der Waals surface area contributed by atoms with Crippen molar-refractivity contribution >= 4 is 30.0 Å². The van der Waals surface area contributed by atoms with Gasteiger partial charge in [0.25, 0.3) is 5.91 Å². The fourth-order valence-corrected chi connectivity index (χ4v) is 2.61. The average Bonchev–Trinajstić information content (AvgIpc) is 3.21. The van der Waals surface area contributed by atoms with Crippen LogP contribution in [0.2, 0.25) is 0 Å². The first-order chi connectivity index (χ1) is 9.06. The Balaban J connectivity index is 0.00000147. The molecule has 2 aliphatic rings. The van der Waals surface area contributed by atoms with E-state index in [0.717, 1.165) is 18.4 Å². The Kier molecular flexibility index (Phi) is 3.75. The summed E-state index contributed by atoms with van der Waals surface area (Å²) < 4.78 is 0. The van der Waals surface area contributed by atoms with Crippen LogP contribution in [0.1, 0.15) is 25.3 Å². The van der Waals surface area contributed by atoms with E-state index < -0.39 is 5.54 Å². The molecule has 1 unspecified atom stereocenters. The van der Waals surface area contributed by atoms with Gasteiger partial charge in [-0.15, -0.1) is 12.4 Å². The summed E-state index contributed by atoms with van der Waals surface area (Å²) in [5.41, 5.74) is 6.38. The molecular formula is C14H18ClN3O2. The van der Waals surface area contributed by atoms with Crippen LogP contribution in [0.15, 0.2) is 24.3 Å². The predicted molar refractivity (Wildman–Crippen MR) is 78.7 cm³/mol. The summed E-state index contributed by atoms with van der Waals surface area (Å²) in [5.74, 6) is 0.123. The van der Waals surface area contributed by atoms with Crippen LogP contribution in [0.3, 0.4) is 0 Å². The lowest BCUT2D eigenvalue weighted by atomic mass is 9.96. The Morgan fingerprint density at radius 1 is 1.30 bits per heavy atom. The Morgan fingerprint density at radius 2 is 1.90 bits per heavy atom. The second-order valence-electron chi connectivity index (χ2n) is 5.42. The highest BCUT2D eigenvalue weighted by Crippen LogP contribution is 2.43. The maximum Gasteiger partial charge on any atom is 0.329 e. The predicted octanol–water partition coefficient (Wildman–Crippen LogP) is 1.79. The molecule has 1 saturated carbocycles. The molecule has 20 heavy (non-hydrogen) atoms. The molecule has 6 heteroatoms. The molecule has 0 aromatic heterocycles. The molecule has 1 aliphatic carbocycles. The molecule has 1 aromatic carbocycles. The van der Waals surface area contributed by atoms with E-state index >= 15 is 0 Å². The van der Waals surface area contributed by atoms with Crippen LogP contribution in [0.4, 0.5) is 10.5 Å². The van der Waals surface area contributed by atoms with E-state index in [0.29, 0.717) is 12.2 Å². The third kappa shape index (κ3) is 2.17. The molecule has 0 bridgehead atoms. The minimum absolute atomic E-state index is 0. The number of carbonyl (C=O) groups excluding carboxylic acids is 2. The fraction of sp³-hybridized carbons (Fsp3) is 0.429. The molecule has 1 aromatic rings. The lowest BCUT2D eigenvalue weighted by molar-refractivity contribution is -0.122. The van der Waals surface area contributed by atoms with Gasteiger partial charge in [0.15, 0.2) is 0 Å². The molecular weight excluding hydrogens is 278 g/mol. The Labute approximate surface area is 123 Å². The SMILES string of the molecule is CC1(C2CC2)NC(=O)N(c2ccc(CN)cc2)C1=O.Cl. The minimum atomic E-state index is -0.733.